The van der Waals surface area contributed by atoms with Crippen LogP contribution >= 0.6 is 50.5 Å². The van der Waals surface area contributed by atoms with Gasteiger partial charge in [0.25, 0.3) is 10.0 Å². The Bertz CT molecular complexity index is 804. The van der Waals surface area contributed by atoms with Gasteiger partial charge in [-0.3, -0.25) is 4.72 Å². The largest absolute Gasteiger partial charge is 0.477 e. The average Bonchev–Trinajstić information content (AvgIpc) is 2.77. The molecule has 2 rings (SSSR count). The molecule has 112 valence electrons. The summed E-state index contributed by atoms with van der Waals surface area (Å²) in [5, 5.41) is 8.52. The lowest BCUT2D eigenvalue weighted by atomic mass is 10.5. The molecule has 0 atom stereocenters. The number of sulfonamides is 1. The van der Waals surface area contributed by atoms with Crippen molar-refractivity contribution in [2.24, 2.45) is 0 Å². The summed E-state index contributed by atoms with van der Waals surface area (Å²) in [5.41, 5.74) is -0.184. The monoisotopic (exact) mass is 431 g/mol. The van der Waals surface area contributed by atoms with Crippen molar-refractivity contribution in [3.63, 3.8) is 0 Å². The molecule has 0 amide bonds. The number of carbonyl (C=O) groups is 1. The summed E-state index contributed by atoms with van der Waals surface area (Å²) in [6.07, 6.45) is 1.07. The van der Waals surface area contributed by atoms with Crippen molar-refractivity contribution < 1.29 is 18.3 Å². The molecule has 0 unspecified atom stereocenters. The Kier molecular flexibility index (Phi) is 4.73. The molecule has 0 saturated carbocycles. The number of carboxylic acid groups (broad SMARTS) is 1. The Balaban J connectivity index is 2.46. The van der Waals surface area contributed by atoms with E-state index in [0.29, 0.717) is 0 Å². The second-order valence-electron chi connectivity index (χ2n) is 3.49. The summed E-state index contributed by atoms with van der Waals surface area (Å²) in [6, 6.07) is 1.02. The summed E-state index contributed by atoms with van der Waals surface area (Å²) in [4.78, 5) is 17.7. The van der Waals surface area contributed by atoms with Crippen molar-refractivity contribution in [1.82, 2.24) is 9.97 Å². The highest BCUT2D eigenvalue weighted by Gasteiger charge is 2.25. The van der Waals surface area contributed by atoms with Gasteiger partial charge in [-0.1, -0.05) is 23.2 Å². The van der Waals surface area contributed by atoms with Gasteiger partial charge in [-0.15, -0.1) is 11.3 Å². The van der Waals surface area contributed by atoms with E-state index >= 15 is 0 Å². The first kappa shape index (κ1) is 16.4. The van der Waals surface area contributed by atoms with Crippen molar-refractivity contribution in [2.45, 2.75) is 4.90 Å². The molecule has 12 heteroatoms. The number of rotatable bonds is 4. The van der Waals surface area contributed by atoms with Crippen molar-refractivity contribution in [3.05, 3.63) is 31.4 Å². The van der Waals surface area contributed by atoms with Gasteiger partial charge in [-0.05, 0) is 22.0 Å². The van der Waals surface area contributed by atoms with E-state index in [1.54, 1.807) is 0 Å². The first-order chi connectivity index (χ1) is 9.72. The van der Waals surface area contributed by atoms with Crippen LogP contribution in [0.3, 0.4) is 0 Å². The number of hydrogen-bond acceptors (Lipinski definition) is 6. The van der Waals surface area contributed by atoms with E-state index in [9.17, 15) is 13.2 Å². The normalized spacial score (nSPS) is 11.4. The maximum absolute atomic E-state index is 12.3. The number of nitrogens with zero attached hydrogens (tertiary/aromatic N) is 2. The maximum Gasteiger partial charge on any atom is 0.345 e. The minimum atomic E-state index is -4.10. The van der Waals surface area contributed by atoms with Crippen LogP contribution in [0.15, 0.2) is 21.1 Å². The lowest BCUT2D eigenvalue weighted by molar-refractivity contribution is 0.0702. The number of aromatic carboxylic acids is 1. The standard InChI is InChI=1S/C9H4BrCl2N3O4S2/c10-6-4(1-3(20-6)9(16)17)21(18,19)15-5-7(11)13-2-14-8(5)12/h1-2,15H,(H,16,17). The highest BCUT2D eigenvalue weighted by molar-refractivity contribution is 9.11. The quantitative estimate of drug-likeness (QED) is 0.718. The molecule has 0 radical (unpaired) electrons. The van der Waals surface area contributed by atoms with Gasteiger partial charge in [0, 0.05) is 0 Å². The van der Waals surface area contributed by atoms with Crippen LogP contribution in [0.1, 0.15) is 9.67 Å². The number of thiophene rings is 1. The third-order valence-electron chi connectivity index (χ3n) is 2.15. The molecule has 0 fully saturated rings. The number of aromatic nitrogens is 2. The van der Waals surface area contributed by atoms with Crippen LogP contribution in [0.25, 0.3) is 0 Å². The Morgan fingerprint density at radius 2 is 1.90 bits per heavy atom. The highest BCUT2D eigenvalue weighted by atomic mass is 79.9. The van der Waals surface area contributed by atoms with Gasteiger partial charge >= 0.3 is 5.97 Å². The van der Waals surface area contributed by atoms with Crippen molar-refractivity contribution in [2.75, 3.05) is 4.72 Å². The van der Waals surface area contributed by atoms with E-state index in [-0.39, 0.29) is 29.6 Å². The van der Waals surface area contributed by atoms with E-state index < -0.39 is 16.0 Å². The summed E-state index contributed by atoms with van der Waals surface area (Å²) in [7, 11) is -4.10. The summed E-state index contributed by atoms with van der Waals surface area (Å²) < 4.78 is 26.8. The third-order valence-corrected chi connectivity index (χ3v) is 6.31. The van der Waals surface area contributed by atoms with E-state index in [2.05, 4.69) is 30.6 Å². The molecule has 2 N–H and O–H groups in total. The van der Waals surface area contributed by atoms with Crippen LogP contribution in [-0.4, -0.2) is 29.5 Å². The number of hydrogen-bond donors (Lipinski definition) is 2. The highest BCUT2D eigenvalue weighted by Crippen LogP contribution is 2.34. The third kappa shape index (κ3) is 3.46. The first-order valence-electron chi connectivity index (χ1n) is 4.94. The lowest BCUT2D eigenvalue weighted by Crippen LogP contribution is -2.14. The van der Waals surface area contributed by atoms with Crippen LogP contribution in [0.2, 0.25) is 10.3 Å². The molecule has 0 aliphatic heterocycles. The van der Waals surface area contributed by atoms with Crippen LogP contribution in [0.4, 0.5) is 5.69 Å². The topological polar surface area (TPSA) is 109 Å². The summed E-state index contributed by atoms with van der Waals surface area (Å²) in [6.45, 7) is 0. The molecule has 21 heavy (non-hydrogen) atoms. The fourth-order valence-electron chi connectivity index (χ4n) is 1.26. The van der Waals surface area contributed by atoms with E-state index in [4.69, 9.17) is 28.3 Å². The van der Waals surface area contributed by atoms with Gasteiger partial charge < -0.3 is 5.11 Å². The van der Waals surface area contributed by atoms with Crippen LogP contribution in [0.5, 0.6) is 0 Å². The minimum absolute atomic E-state index is 0.135. The lowest BCUT2D eigenvalue weighted by Gasteiger charge is -2.09. The summed E-state index contributed by atoms with van der Waals surface area (Å²) in [5.74, 6) is -1.23. The Morgan fingerprint density at radius 1 is 1.33 bits per heavy atom. The zero-order valence-electron chi connectivity index (χ0n) is 9.67. The predicted molar refractivity (Wildman–Crippen MR) is 81.8 cm³/mol. The molecule has 0 aliphatic rings. The van der Waals surface area contributed by atoms with Gasteiger partial charge in [0.05, 0.1) is 3.79 Å². The van der Waals surface area contributed by atoms with Crippen molar-refractivity contribution in [3.8, 4) is 0 Å². The molecule has 0 spiro atoms. The molecule has 2 heterocycles. The molecule has 2 aromatic rings. The minimum Gasteiger partial charge on any atom is -0.477 e. The average molecular weight is 433 g/mol. The number of nitrogens with one attached hydrogen (secondary N) is 1. The Morgan fingerprint density at radius 3 is 2.38 bits per heavy atom. The van der Waals surface area contributed by atoms with E-state index in [1.165, 1.54) is 0 Å². The van der Waals surface area contributed by atoms with Gasteiger partial charge in [-0.25, -0.2) is 23.2 Å². The van der Waals surface area contributed by atoms with Crippen molar-refractivity contribution in [1.29, 1.82) is 0 Å². The first-order valence-corrected chi connectivity index (χ1v) is 8.78. The van der Waals surface area contributed by atoms with E-state index in [0.717, 1.165) is 23.7 Å². The molecule has 0 saturated heterocycles. The molecule has 0 bridgehead atoms. The van der Waals surface area contributed by atoms with Crippen LogP contribution < -0.4 is 4.72 Å². The molecule has 2 aromatic heterocycles. The van der Waals surface area contributed by atoms with E-state index in [1.807, 2.05) is 0 Å². The van der Waals surface area contributed by atoms with Crippen molar-refractivity contribution >= 4 is 72.1 Å². The fourth-order valence-corrected chi connectivity index (χ4v) is 5.26. The smallest absolute Gasteiger partial charge is 0.345 e. The molecule has 7 nitrogen and oxygen atoms in total. The Labute approximate surface area is 141 Å². The Hall–Kier alpha value is -0.940. The summed E-state index contributed by atoms with van der Waals surface area (Å²) >= 11 is 15.3. The molecular formula is C9H4BrCl2N3O4S2. The zero-order chi connectivity index (χ0) is 15.8. The van der Waals surface area contributed by atoms with Gasteiger partial charge in [0.2, 0.25) is 0 Å². The number of halogens is 3. The second kappa shape index (κ2) is 6.05. The molecule has 0 aromatic carbocycles. The van der Waals surface area contributed by atoms with Gasteiger partial charge in [-0.2, -0.15) is 0 Å². The molecule has 0 aliphatic carbocycles. The number of carboxylic acids is 1. The predicted octanol–water partition coefficient (Wildman–Crippen LogP) is 3.11. The maximum atomic E-state index is 12.3. The van der Waals surface area contributed by atoms with Crippen LogP contribution in [0, 0.1) is 0 Å². The van der Waals surface area contributed by atoms with Crippen LogP contribution in [-0.2, 0) is 10.0 Å². The molecular weight excluding hydrogens is 429 g/mol. The second-order valence-corrected chi connectivity index (χ2v) is 8.23. The van der Waals surface area contributed by atoms with Gasteiger partial charge in [0.1, 0.15) is 21.8 Å². The SMILES string of the molecule is O=C(O)c1cc(S(=O)(=O)Nc2c(Cl)ncnc2Cl)c(Br)s1. The zero-order valence-corrected chi connectivity index (χ0v) is 14.4. The fraction of sp³-hybridized carbons (Fsp3) is 0. The van der Waals surface area contributed by atoms with Gasteiger partial charge in [0.15, 0.2) is 10.3 Å². The number of anilines is 1.